The van der Waals surface area contributed by atoms with Crippen LogP contribution in [0.2, 0.25) is 0 Å². The summed E-state index contributed by atoms with van der Waals surface area (Å²) in [4.78, 5) is 5.90. The number of aromatic nitrogens is 1. The van der Waals surface area contributed by atoms with E-state index in [9.17, 15) is 0 Å². The Morgan fingerprint density at radius 1 is 1.19 bits per heavy atom. The van der Waals surface area contributed by atoms with Crippen LogP contribution in [0.3, 0.4) is 0 Å². The van der Waals surface area contributed by atoms with Crippen LogP contribution in [0, 0.1) is 13.8 Å². The smallest absolute Gasteiger partial charge is 0.140 e. The summed E-state index contributed by atoms with van der Waals surface area (Å²) in [5.74, 6) is 0.958. The lowest BCUT2D eigenvalue weighted by atomic mass is 9.91. The summed E-state index contributed by atoms with van der Waals surface area (Å²) in [5.41, 5.74) is 9.26. The maximum Gasteiger partial charge on any atom is 0.140 e. The minimum atomic E-state index is 0.0159. The average molecular weight is 304 g/mol. The fourth-order valence-electron chi connectivity index (χ4n) is 2.35. The molecule has 3 nitrogen and oxygen atoms in total. The summed E-state index contributed by atoms with van der Waals surface area (Å²) in [6, 6.07) is 6.18. The van der Waals surface area contributed by atoms with Crippen LogP contribution in [0.25, 0.3) is 0 Å². The van der Waals surface area contributed by atoms with Crippen LogP contribution in [0.5, 0.6) is 5.75 Å². The molecule has 0 aliphatic rings. The van der Waals surface area contributed by atoms with Gasteiger partial charge in [-0.3, -0.25) is 0 Å². The van der Waals surface area contributed by atoms with E-state index < -0.39 is 0 Å². The molecule has 0 fully saturated rings. The first-order valence-electron chi connectivity index (χ1n) is 7.21. The maximum atomic E-state index is 5.99. The monoisotopic (exact) mass is 304 g/mol. The number of hydrogen-bond donors (Lipinski definition) is 1. The number of nitrogens with zero attached hydrogens (tertiary/aromatic N) is 1. The molecular weight excluding hydrogens is 280 g/mol. The van der Waals surface area contributed by atoms with Crippen molar-refractivity contribution >= 4 is 11.3 Å². The molecule has 0 unspecified atom stereocenters. The van der Waals surface area contributed by atoms with Crippen LogP contribution in [-0.4, -0.2) is 4.98 Å². The van der Waals surface area contributed by atoms with Gasteiger partial charge in [0.05, 0.1) is 5.69 Å². The van der Waals surface area contributed by atoms with E-state index in [4.69, 9.17) is 15.5 Å². The minimum absolute atomic E-state index is 0.0159. The van der Waals surface area contributed by atoms with Crippen molar-refractivity contribution in [3.8, 4) is 5.75 Å². The molecule has 1 heterocycles. The summed E-state index contributed by atoms with van der Waals surface area (Å²) in [5, 5.41) is 0.989. The van der Waals surface area contributed by atoms with E-state index in [1.165, 1.54) is 0 Å². The molecule has 4 heteroatoms. The first-order chi connectivity index (χ1) is 9.82. The summed E-state index contributed by atoms with van der Waals surface area (Å²) in [7, 11) is 0. The largest absolute Gasteiger partial charge is 0.486 e. The zero-order valence-electron chi connectivity index (χ0n) is 13.5. The van der Waals surface area contributed by atoms with E-state index in [1.54, 1.807) is 11.3 Å². The van der Waals surface area contributed by atoms with Gasteiger partial charge < -0.3 is 10.5 Å². The lowest BCUT2D eigenvalue weighted by Crippen LogP contribution is -2.15. The van der Waals surface area contributed by atoms with Crippen molar-refractivity contribution in [2.45, 2.75) is 53.2 Å². The van der Waals surface area contributed by atoms with Gasteiger partial charge >= 0.3 is 0 Å². The highest BCUT2D eigenvalue weighted by molar-refractivity contribution is 7.11. The third-order valence-corrected chi connectivity index (χ3v) is 4.44. The standard InChI is InChI=1S/C17H24N2OS/c1-11-7-6-8-12(2)15(11)20-10-14-19-16(17(3,4)5)13(9-18)21-14/h6-8H,9-10,18H2,1-5H3. The Bertz CT molecular complexity index is 606. The third kappa shape index (κ3) is 3.63. The number of para-hydroxylation sites is 1. The molecule has 0 saturated heterocycles. The van der Waals surface area contributed by atoms with Gasteiger partial charge in [-0.1, -0.05) is 39.0 Å². The SMILES string of the molecule is Cc1cccc(C)c1OCc1nc(C(C)(C)C)c(CN)s1. The van der Waals surface area contributed by atoms with Crippen molar-refractivity contribution in [3.63, 3.8) is 0 Å². The van der Waals surface area contributed by atoms with Crippen LogP contribution in [0.4, 0.5) is 0 Å². The van der Waals surface area contributed by atoms with Gasteiger partial charge in [0.2, 0.25) is 0 Å². The van der Waals surface area contributed by atoms with E-state index in [0.29, 0.717) is 13.2 Å². The number of benzene rings is 1. The Balaban J connectivity index is 2.20. The molecule has 0 bridgehead atoms. The van der Waals surface area contributed by atoms with Gasteiger partial charge in [0.1, 0.15) is 17.4 Å². The number of hydrogen-bond acceptors (Lipinski definition) is 4. The van der Waals surface area contributed by atoms with E-state index in [0.717, 1.165) is 32.5 Å². The molecule has 0 aliphatic heterocycles. The van der Waals surface area contributed by atoms with Crippen molar-refractivity contribution in [1.29, 1.82) is 0 Å². The van der Waals surface area contributed by atoms with Crippen molar-refractivity contribution in [3.05, 3.63) is 44.9 Å². The molecule has 0 radical (unpaired) electrons. The van der Waals surface area contributed by atoms with E-state index in [1.807, 2.05) is 6.07 Å². The Labute approximate surface area is 131 Å². The quantitative estimate of drug-likeness (QED) is 0.925. The molecule has 1 aromatic heterocycles. The fraction of sp³-hybridized carbons (Fsp3) is 0.471. The first-order valence-corrected chi connectivity index (χ1v) is 8.02. The topological polar surface area (TPSA) is 48.1 Å². The van der Waals surface area contributed by atoms with Crippen LogP contribution in [-0.2, 0) is 18.6 Å². The molecule has 0 amide bonds. The van der Waals surface area contributed by atoms with Crippen LogP contribution in [0.1, 0.15) is 47.5 Å². The van der Waals surface area contributed by atoms with Crippen molar-refractivity contribution in [1.82, 2.24) is 4.98 Å². The fourth-order valence-corrected chi connectivity index (χ4v) is 3.42. The van der Waals surface area contributed by atoms with Crippen LogP contribution >= 0.6 is 11.3 Å². The highest BCUT2D eigenvalue weighted by Crippen LogP contribution is 2.30. The molecule has 21 heavy (non-hydrogen) atoms. The Hall–Kier alpha value is -1.39. The molecule has 2 N–H and O–H groups in total. The number of ether oxygens (including phenoxy) is 1. The molecule has 0 aliphatic carbocycles. The van der Waals surface area contributed by atoms with Crippen LogP contribution < -0.4 is 10.5 Å². The first kappa shape index (κ1) is 16.0. The molecular formula is C17H24N2OS. The second-order valence-electron chi connectivity index (χ2n) is 6.34. The Morgan fingerprint density at radius 3 is 2.29 bits per heavy atom. The highest BCUT2D eigenvalue weighted by atomic mass is 32.1. The van der Waals surface area contributed by atoms with Crippen molar-refractivity contribution in [2.24, 2.45) is 5.73 Å². The normalized spacial score (nSPS) is 11.7. The number of thiazole rings is 1. The highest BCUT2D eigenvalue weighted by Gasteiger charge is 2.22. The predicted octanol–water partition coefficient (Wildman–Crippen LogP) is 4.10. The van der Waals surface area contributed by atoms with Gasteiger partial charge in [-0.15, -0.1) is 11.3 Å². The molecule has 0 spiro atoms. The van der Waals surface area contributed by atoms with Gasteiger partial charge in [0.25, 0.3) is 0 Å². The molecule has 0 saturated carbocycles. The molecule has 1 aromatic carbocycles. The molecule has 0 atom stereocenters. The predicted molar refractivity (Wildman–Crippen MR) is 89.0 cm³/mol. The second kappa shape index (κ2) is 6.16. The van der Waals surface area contributed by atoms with Crippen LogP contribution in [0.15, 0.2) is 18.2 Å². The van der Waals surface area contributed by atoms with E-state index in [-0.39, 0.29) is 5.41 Å². The lowest BCUT2D eigenvalue weighted by molar-refractivity contribution is 0.300. The van der Waals surface area contributed by atoms with E-state index >= 15 is 0 Å². The van der Waals surface area contributed by atoms with Gasteiger partial charge in [-0.25, -0.2) is 4.98 Å². The summed E-state index contributed by atoms with van der Waals surface area (Å²) in [6.45, 7) is 11.7. The maximum absolute atomic E-state index is 5.99. The Kier molecular flexibility index (Phi) is 4.69. The molecule has 2 aromatic rings. The Morgan fingerprint density at radius 2 is 1.81 bits per heavy atom. The summed E-state index contributed by atoms with van der Waals surface area (Å²) in [6.07, 6.45) is 0. The molecule has 114 valence electrons. The summed E-state index contributed by atoms with van der Waals surface area (Å²) >= 11 is 1.66. The minimum Gasteiger partial charge on any atom is -0.486 e. The van der Waals surface area contributed by atoms with Gasteiger partial charge in [-0.05, 0) is 25.0 Å². The average Bonchev–Trinajstić information content (AvgIpc) is 2.81. The third-order valence-electron chi connectivity index (χ3n) is 3.39. The van der Waals surface area contributed by atoms with E-state index in [2.05, 4.69) is 46.8 Å². The van der Waals surface area contributed by atoms with Gasteiger partial charge in [0.15, 0.2) is 0 Å². The number of aryl methyl sites for hydroxylation is 2. The lowest BCUT2D eigenvalue weighted by Gasteiger charge is -2.17. The number of nitrogens with two attached hydrogens (primary N) is 1. The number of rotatable bonds is 4. The van der Waals surface area contributed by atoms with Crippen molar-refractivity contribution in [2.75, 3.05) is 0 Å². The second-order valence-corrected chi connectivity index (χ2v) is 7.51. The van der Waals surface area contributed by atoms with Crippen molar-refractivity contribution < 1.29 is 4.74 Å². The molecule has 2 rings (SSSR count). The van der Waals surface area contributed by atoms with Gasteiger partial charge in [0, 0.05) is 16.8 Å². The zero-order chi connectivity index (χ0) is 15.6. The summed E-state index contributed by atoms with van der Waals surface area (Å²) < 4.78 is 5.99. The van der Waals surface area contributed by atoms with Gasteiger partial charge in [-0.2, -0.15) is 0 Å². The zero-order valence-corrected chi connectivity index (χ0v) is 14.3.